The Kier molecular flexibility index (Phi) is 2.36. The predicted octanol–water partition coefficient (Wildman–Crippen LogP) is 1.72. The molecule has 2 N–H and O–H groups in total. The molecule has 0 spiro atoms. The molecule has 1 heterocycles. The van der Waals surface area contributed by atoms with Crippen molar-refractivity contribution in [2.75, 3.05) is 12.4 Å². The van der Waals surface area contributed by atoms with Gasteiger partial charge in [-0.3, -0.25) is 0 Å². The van der Waals surface area contributed by atoms with Crippen LogP contribution < -0.4 is 5.32 Å². The summed E-state index contributed by atoms with van der Waals surface area (Å²) in [5.74, 6) is 0. The number of aliphatic hydroxyl groups excluding tert-OH is 1. The van der Waals surface area contributed by atoms with Crippen LogP contribution in [0.1, 0.15) is 24.2 Å². The van der Waals surface area contributed by atoms with Gasteiger partial charge in [0, 0.05) is 19.3 Å². The minimum Gasteiger partial charge on any atom is -0.389 e. The Morgan fingerprint density at radius 3 is 2.93 bits per heavy atom. The zero-order valence-corrected chi connectivity index (χ0v) is 8.82. The lowest BCUT2D eigenvalue weighted by molar-refractivity contribution is 0.199. The second kappa shape index (κ2) is 3.55. The van der Waals surface area contributed by atoms with Crippen molar-refractivity contribution in [1.29, 1.82) is 0 Å². The van der Waals surface area contributed by atoms with Gasteiger partial charge in [0.25, 0.3) is 0 Å². The number of rotatable bonds is 1. The summed E-state index contributed by atoms with van der Waals surface area (Å²) in [7, 11) is 1.74. The number of benzene rings is 1. The van der Waals surface area contributed by atoms with Gasteiger partial charge in [-0.05, 0) is 30.2 Å². The zero-order chi connectivity index (χ0) is 11.0. The van der Waals surface area contributed by atoms with Crippen LogP contribution in [0.3, 0.4) is 0 Å². The van der Waals surface area contributed by atoms with Crippen LogP contribution in [0.2, 0.25) is 0 Å². The standard InChI is InChI=1S/C11H14N2O2/c1-7(14)8-3-4-10-9(5-8)6-13(2)11(15)12-10/h3-5,7,14H,6H2,1-2H3,(H,12,15)/t7-/m0/s1. The number of hydrogen-bond acceptors (Lipinski definition) is 2. The predicted molar refractivity (Wildman–Crippen MR) is 57.6 cm³/mol. The van der Waals surface area contributed by atoms with Gasteiger partial charge in [-0.15, -0.1) is 0 Å². The molecule has 0 aromatic heterocycles. The fourth-order valence-electron chi connectivity index (χ4n) is 1.66. The lowest BCUT2D eigenvalue weighted by Gasteiger charge is -2.26. The largest absolute Gasteiger partial charge is 0.389 e. The second-order valence-electron chi connectivity index (χ2n) is 3.88. The third kappa shape index (κ3) is 1.80. The molecular formula is C11H14N2O2. The van der Waals surface area contributed by atoms with Gasteiger partial charge in [0.05, 0.1) is 6.10 Å². The summed E-state index contributed by atoms with van der Waals surface area (Å²) in [4.78, 5) is 12.9. The van der Waals surface area contributed by atoms with Crippen LogP contribution in [0.25, 0.3) is 0 Å². The van der Waals surface area contributed by atoms with E-state index in [9.17, 15) is 9.90 Å². The molecule has 0 fully saturated rings. The summed E-state index contributed by atoms with van der Waals surface area (Å²) in [6.07, 6.45) is -0.474. The first-order chi connectivity index (χ1) is 7.08. The molecule has 2 rings (SSSR count). The molecule has 1 aliphatic heterocycles. The van der Waals surface area contributed by atoms with Crippen molar-refractivity contribution in [3.63, 3.8) is 0 Å². The van der Waals surface area contributed by atoms with Crippen LogP contribution in [0.15, 0.2) is 18.2 Å². The summed E-state index contributed by atoms with van der Waals surface area (Å²) in [6, 6.07) is 5.50. The molecule has 4 heteroatoms. The van der Waals surface area contributed by atoms with E-state index >= 15 is 0 Å². The van der Waals surface area contributed by atoms with Gasteiger partial charge >= 0.3 is 6.03 Å². The zero-order valence-electron chi connectivity index (χ0n) is 8.82. The molecule has 0 radical (unpaired) electrons. The molecule has 0 saturated heterocycles. The van der Waals surface area contributed by atoms with E-state index in [2.05, 4.69) is 5.32 Å². The van der Waals surface area contributed by atoms with Crippen LogP contribution >= 0.6 is 0 Å². The van der Waals surface area contributed by atoms with Gasteiger partial charge in [0.2, 0.25) is 0 Å². The maximum atomic E-state index is 11.3. The number of anilines is 1. The number of hydrogen-bond donors (Lipinski definition) is 2. The highest BCUT2D eigenvalue weighted by Gasteiger charge is 2.19. The third-order valence-electron chi connectivity index (χ3n) is 2.61. The van der Waals surface area contributed by atoms with Crippen LogP contribution in [0.5, 0.6) is 0 Å². The maximum Gasteiger partial charge on any atom is 0.321 e. The number of aliphatic hydroxyl groups is 1. The number of fused-ring (bicyclic) bond motifs is 1. The molecule has 15 heavy (non-hydrogen) atoms. The molecule has 80 valence electrons. The van der Waals surface area contributed by atoms with Crippen LogP contribution in [-0.2, 0) is 6.54 Å². The molecule has 0 bridgehead atoms. The molecule has 0 aliphatic carbocycles. The quantitative estimate of drug-likeness (QED) is 0.735. The Bertz CT molecular complexity index is 402. The molecule has 1 aliphatic rings. The second-order valence-corrected chi connectivity index (χ2v) is 3.88. The molecule has 1 atom stereocenters. The summed E-state index contributed by atoms with van der Waals surface area (Å²) in [5.41, 5.74) is 2.75. The molecule has 0 saturated carbocycles. The first kappa shape index (κ1) is 9.98. The normalized spacial score (nSPS) is 17.0. The highest BCUT2D eigenvalue weighted by atomic mass is 16.3. The van der Waals surface area contributed by atoms with Gasteiger partial charge in [-0.2, -0.15) is 0 Å². The average Bonchev–Trinajstić information content (AvgIpc) is 2.19. The van der Waals surface area contributed by atoms with Crippen LogP contribution in [0.4, 0.5) is 10.5 Å². The number of carbonyl (C=O) groups is 1. The maximum absolute atomic E-state index is 11.3. The van der Waals surface area contributed by atoms with E-state index in [0.29, 0.717) is 6.54 Å². The van der Waals surface area contributed by atoms with Crippen LogP contribution in [0, 0.1) is 0 Å². The van der Waals surface area contributed by atoms with E-state index in [1.54, 1.807) is 18.9 Å². The van der Waals surface area contributed by atoms with Gasteiger partial charge in [0.1, 0.15) is 0 Å². The molecule has 4 nitrogen and oxygen atoms in total. The van der Waals surface area contributed by atoms with Gasteiger partial charge < -0.3 is 15.3 Å². The smallest absolute Gasteiger partial charge is 0.321 e. The number of nitrogens with one attached hydrogen (secondary N) is 1. The fourth-order valence-corrected chi connectivity index (χ4v) is 1.66. The number of nitrogens with zero attached hydrogens (tertiary/aromatic N) is 1. The van der Waals surface area contributed by atoms with Crippen molar-refractivity contribution in [1.82, 2.24) is 4.90 Å². The summed E-state index contributed by atoms with van der Waals surface area (Å²) in [5, 5.41) is 12.2. The van der Waals surface area contributed by atoms with Crippen molar-refractivity contribution in [2.24, 2.45) is 0 Å². The van der Waals surface area contributed by atoms with Gasteiger partial charge in [0.15, 0.2) is 0 Å². The third-order valence-corrected chi connectivity index (χ3v) is 2.61. The van der Waals surface area contributed by atoms with Gasteiger partial charge in [-0.25, -0.2) is 4.79 Å². The van der Waals surface area contributed by atoms with E-state index in [1.165, 1.54) is 0 Å². The van der Waals surface area contributed by atoms with Crippen molar-refractivity contribution >= 4 is 11.7 Å². The summed E-state index contributed by atoms with van der Waals surface area (Å²) in [6.45, 7) is 2.31. The molecule has 1 aromatic rings. The SMILES string of the molecule is C[C@H](O)c1ccc2c(c1)CN(C)C(=O)N2. The Hall–Kier alpha value is -1.55. The summed E-state index contributed by atoms with van der Waals surface area (Å²) < 4.78 is 0. The molecule has 2 amide bonds. The first-order valence-electron chi connectivity index (χ1n) is 4.91. The summed E-state index contributed by atoms with van der Waals surface area (Å²) >= 11 is 0. The Balaban J connectivity index is 2.37. The first-order valence-corrected chi connectivity index (χ1v) is 4.91. The lowest BCUT2D eigenvalue weighted by atomic mass is 10.0. The highest BCUT2D eigenvalue weighted by Crippen LogP contribution is 2.25. The van der Waals surface area contributed by atoms with E-state index in [1.807, 2.05) is 18.2 Å². The minimum atomic E-state index is -0.474. The monoisotopic (exact) mass is 206 g/mol. The lowest BCUT2D eigenvalue weighted by Crippen LogP contribution is -2.35. The van der Waals surface area contributed by atoms with Crippen molar-refractivity contribution in [3.8, 4) is 0 Å². The number of carbonyl (C=O) groups excluding carboxylic acids is 1. The molecule has 0 unspecified atom stereocenters. The van der Waals surface area contributed by atoms with E-state index in [4.69, 9.17) is 0 Å². The number of amides is 2. The molecular weight excluding hydrogens is 192 g/mol. The average molecular weight is 206 g/mol. The number of urea groups is 1. The van der Waals surface area contributed by atoms with Crippen LogP contribution in [-0.4, -0.2) is 23.1 Å². The molecule has 1 aromatic carbocycles. The Labute approximate surface area is 88.5 Å². The van der Waals surface area contributed by atoms with Crippen molar-refractivity contribution in [2.45, 2.75) is 19.6 Å². The Morgan fingerprint density at radius 2 is 2.27 bits per heavy atom. The van der Waals surface area contributed by atoms with E-state index in [-0.39, 0.29) is 6.03 Å². The minimum absolute atomic E-state index is 0.0905. The Morgan fingerprint density at radius 1 is 1.53 bits per heavy atom. The van der Waals surface area contributed by atoms with E-state index in [0.717, 1.165) is 16.8 Å². The van der Waals surface area contributed by atoms with E-state index < -0.39 is 6.10 Å². The topological polar surface area (TPSA) is 52.6 Å². The fraction of sp³-hybridized carbons (Fsp3) is 0.364. The van der Waals surface area contributed by atoms with Crippen molar-refractivity contribution < 1.29 is 9.90 Å². The van der Waals surface area contributed by atoms with Gasteiger partial charge in [-0.1, -0.05) is 6.07 Å². The highest BCUT2D eigenvalue weighted by molar-refractivity contribution is 5.92. The van der Waals surface area contributed by atoms with Crippen molar-refractivity contribution in [3.05, 3.63) is 29.3 Å².